The van der Waals surface area contributed by atoms with Crippen molar-refractivity contribution >= 4 is 11.7 Å². The van der Waals surface area contributed by atoms with E-state index >= 15 is 0 Å². The lowest BCUT2D eigenvalue weighted by molar-refractivity contribution is 0.250. The van der Waals surface area contributed by atoms with E-state index in [2.05, 4.69) is 15.6 Å². The maximum atomic E-state index is 12.7. The predicted molar refractivity (Wildman–Crippen MR) is 110 cm³/mol. The molecule has 2 aromatic heterocycles. The third kappa shape index (κ3) is 4.10. The summed E-state index contributed by atoms with van der Waals surface area (Å²) >= 11 is 0. The Labute approximate surface area is 163 Å². The Balaban J connectivity index is 1.53. The second-order valence-electron chi connectivity index (χ2n) is 6.34. The molecule has 138 valence electrons. The van der Waals surface area contributed by atoms with E-state index in [9.17, 15) is 4.79 Å². The van der Waals surface area contributed by atoms with Crippen LogP contribution in [0, 0.1) is 0 Å². The smallest absolute Gasteiger partial charge is 0.320 e. The van der Waals surface area contributed by atoms with Crippen molar-refractivity contribution < 1.29 is 4.79 Å². The summed E-state index contributed by atoms with van der Waals surface area (Å²) in [6.45, 7) is 0. The van der Waals surface area contributed by atoms with Gasteiger partial charge in [-0.2, -0.15) is 0 Å². The number of urea groups is 1. The van der Waals surface area contributed by atoms with Gasteiger partial charge in [0, 0.05) is 30.0 Å². The van der Waals surface area contributed by atoms with Gasteiger partial charge in [-0.1, -0.05) is 42.5 Å². The molecule has 28 heavy (non-hydrogen) atoms. The molecular formula is C23H20N4O. The zero-order valence-corrected chi connectivity index (χ0v) is 15.2. The topological polar surface area (TPSA) is 59.0 Å². The van der Waals surface area contributed by atoms with Crippen molar-refractivity contribution in [1.82, 2.24) is 14.9 Å². The first-order valence-corrected chi connectivity index (χ1v) is 9.06. The van der Waals surface area contributed by atoms with E-state index in [4.69, 9.17) is 0 Å². The minimum absolute atomic E-state index is 0.288. The molecule has 0 aliphatic carbocycles. The highest BCUT2D eigenvalue weighted by Gasteiger charge is 2.17. The average molecular weight is 368 g/mol. The molecule has 0 spiro atoms. The number of aromatic nitrogens is 2. The molecule has 0 fully saturated rings. The fourth-order valence-electron chi connectivity index (χ4n) is 3.07. The summed E-state index contributed by atoms with van der Waals surface area (Å²) in [5.41, 5.74) is 3.45. The monoisotopic (exact) mass is 368 g/mol. The van der Waals surface area contributed by atoms with E-state index in [1.54, 1.807) is 6.20 Å². The Morgan fingerprint density at radius 1 is 0.857 bits per heavy atom. The number of benzene rings is 2. The number of amides is 2. The second-order valence-corrected chi connectivity index (χ2v) is 6.34. The van der Waals surface area contributed by atoms with Gasteiger partial charge in [-0.05, 0) is 48.0 Å². The Morgan fingerprint density at radius 2 is 1.64 bits per heavy atom. The van der Waals surface area contributed by atoms with Gasteiger partial charge in [-0.25, -0.2) is 4.79 Å². The molecule has 5 heteroatoms. The molecular weight excluding hydrogens is 348 g/mol. The molecule has 2 aromatic carbocycles. The van der Waals surface area contributed by atoms with Crippen LogP contribution >= 0.6 is 0 Å². The lowest BCUT2D eigenvalue weighted by Gasteiger charge is -2.19. The molecule has 2 N–H and O–H groups in total. The first-order valence-electron chi connectivity index (χ1n) is 9.06. The van der Waals surface area contributed by atoms with E-state index in [0.29, 0.717) is 0 Å². The first-order chi connectivity index (χ1) is 13.8. The van der Waals surface area contributed by atoms with E-state index in [1.807, 2.05) is 102 Å². The van der Waals surface area contributed by atoms with Crippen LogP contribution in [0.15, 0.2) is 104 Å². The lowest BCUT2D eigenvalue weighted by atomic mass is 10.0. The third-order valence-electron chi connectivity index (χ3n) is 4.40. The molecule has 1 atom stereocenters. The molecule has 0 saturated heterocycles. The van der Waals surface area contributed by atoms with E-state index in [-0.39, 0.29) is 12.1 Å². The number of nitrogens with one attached hydrogen (secondary N) is 2. The third-order valence-corrected chi connectivity index (χ3v) is 4.40. The Kier molecular flexibility index (Phi) is 5.15. The summed E-state index contributed by atoms with van der Waals surface area (Å²) in [6, 6.07) is 26.5. The molecule has 0 aliphatic heterocycles. The number of carbonyl (C=O) groups is 1. The van der Waals surface area contributed by atoms with Gasteiger partial charge in [0.2, 0.25) is 0 Å². The van der Waals surface area contributed by atoms with Gasteiger partial charge in [-0.15, -0.1) is 0 Å². The Hall–Kier alpha value is -3.86. The lowest BCUT2D eigenvalue weighted by Crippen LogP contribution is -2.33. The standard InChI is InChI=1S/C23H20N4O/c28-23(25-19-11-8-12-20(17-19)27-15-6-7-16-27)26-22(18-9-2-1-3-10-18)21-13-4-5-14-24-21/h1-17,22H,(H2,25,26,28). The summed E-state index contributed by atoms with van der Waals surface area (Å²) in [5, 5.41) is 5.96. The quantitative estimate of drug-likeness (QED) is 0.532. The normalized spacial score (nSPS) is 11.6. The van der Waals surface area contributed by atoms with Gasteiger partial charge in [-0.3, -0.25) is 4.98 Å². The zero-order valence-electron chi connectivity index (χ0n) is 15.2. The highest BCUT2D eigenvalue weighted by atomic mass is 16.2. The van der Waals surface area contributed by atoms with E-state index in [0.717, 1.165) is 22.6 Å². The van der Waals surface area contributed by atoms with Gasteiger partial charge < -0.3 is 15.2 Å². The second kappa shape index (κ2) is 8.22. The van der Waals surface area contributed by atoms with Crippen molar-refractivity contribution in [2.24, 2.45) is 0 Å². The number of anilines is 1. The van der Waals surface area contributed by atoms with Crippen molar-refractivity contribution in [1.29, 1.82) is 0 Å². The van der Waals surface area contributed by atoms with Crippen LogP contribution in [-0.4, -0.2) is 15.6 Å². The SMILES string of the molecule is O=C(Nc1cccc(-n2cccc2)c1)NC(c1ccccc1)c1ccccn1. The first kappa shape index (κ1) is 17.5. The number of rotatable bonds is 5. The van der Waals surface area contributed by atoms with Gasteiger partial charge in [0.15, 0.2) is 0 Å². The Morgan fingerprint density at radius 3 is 2.39 bits per heavy atom. The molecule has 5 nitrogen and oxygen atoms in total. The van der Waals surface area contributed by atoms with Gasteiger partial charge in [0.05, 0.1) is 11.7 Å². The van der Waals surface area contributed by atoms with Crippen LogP contribution in [0.1, 0.15) is 17.3 Å². The predicted octanol–water partition coefficient (Wildman–Crippen LogP) is 4.78. The summed E-state index contributed by atoms with van der Waals surface area (Å²) in [5.74, 6) is 0. The highest BCUT2D eigenvalue weighted by Crippen LogP contribution is 2.21. The minimum atomic E-state index is -0.338. The maximum Gasteiger partial charge on any atom is 0.320 e. The number of carbonyl (C=O) groups excluding carboxylic acids is 1. The molecule has 1 unspecified atom stereocenters. The highest BCUT2D eigenvalue weighted by molar-refractivity contribution is 5.90. The van der Waals surface area contributed by atoms with E-state index < -0.39 is 0 Å². The van der Waals surface area contributed by atoms with E-state index in [1.165, 1.54) is 0 Å². The van der Waals surface area contributed by atoms with Crippen LogP contribution in [0.4, 0.5) is 10.5 Å². The number of nitrogens with zero attached hydrogens (tertiary/aromatic N) is 2. The van der Waals surface area contributed by atoms with Gasteiger partial charge in [0.1, 0.15) is 0 Å². The van der Waals surface area contributed by atoms with Crippen molar-refractivity contribution in [3.63, 3.8) is 0 Å². The van der Waals surface area contributed by atoms with Crippen molar-refractivity contribution in [3.05, 3.63) is 115 Å². The van der Waals surface area contributed by atoms with Crippen LogP contribution < -0.4 is 10.6 Å². The summed E-state index contributed by atoms with van der Waals surface area (Å²) in [6.07, 6.45) is 5.66. The number of pyridine rings is 1. The van der Waals surface area contributed by atoms with Crippen molar-refractivity contribution in [3.8, 4) is 5.69 Å². The van der Waals surface area contributed by atoms with Gasteiger partial charge >= 0.3 is 6.03 Å². The summed E-state index contributed by atoms with van der Waals surface area (Å²) in [4.78, 5) is 17.1. The van der Waals surface area contributed by atoms with Crippen molar-refractivity contribution in [2.75, 3.05) is 5.32 Å². The van der Waals surface area contributed by atoms with Crippen molar-refractivity contribution in [2.45, 2.75) is 6.04 Å². The largest absolute Gasteiger partial charge is 0.325 e. The van der Waals surface area contributed by atoms with Crippen LogP contribution in [-0.2, 0) is 0 Å². The molecule has 4 aromatic rings. The minimum Gasteiger partial charge on any atom is -0.325 e. The molecule has 0 aliphatic rings. The molecule has 0 radical (unpaired) electrons. The van der Waals surface area contributed by atoms with Crippen LogP contribution in [0.3, 0.4) is 0 Å². The molecule has 2 amide bonds. The van der Waals surface area contributed by atoms with Crippen LogP contribution in [0.2, 0.25) is 0 Å². The molecule has 2 heterocycles. The fraction of sp³-hybridized carbons (Fsp3) is 0.0435. The molecule has 0 bridgehead atoms. The fourth-order valence-corrected chi connectivity index (χ4v) is 3.07. The van der Waals surface area contributed by atoms with Crippen LogP contribution in [0.5, 0.6) is 0 Å². The Bertz CT molecular complexity index is 991. The number of hydrogen-bond donors (Lipinski definition) is 2. The van der Waals surface area contributed by atoms with Gasteiger partial charge in [0.25, 0.3) is 0 Å². The zero-order chi connectivity index (χ0) is 19.2. The average Bonchev–Trinajstić information content (AvgIpc) is 3.29. The van der Waals surface area contributed by atoms with Crippen LogP contribution in [0.25, 0.3) is 5.69 Å². The molecule has 4 rings (SSSR count). The summed E-state index contributed by atoms with van der Waals surface area (Å²) in [7, 11) is 0. The molecule has 0 saturated carbocycles. The summed E-state index contributed by atoms with van der Waals surface area (Å²) < 4.78 is 1.99. The maximum absolute atomic E-state index is 12.7. The number of hydrogen-bond acceptors (Lipinski definition) is 2.